The lowest BCUT2D eigenvalue weighted by molar-refractivity contribution is -0.118. The van der Waals surface area contributed by atoms with Crippen LogP contribution in [0.15, 0.2) is 33.8 Å². The molecule has 0 aliphatic rings. The highest BCUT2D eigenvalue weighted by Crippen LogP contribution is 2.19. The number of amides is 1. The Bertz CT molecular complexity index is 567. The van der Waals surface area contributed by atoms with E-state index in [-0.39, 0.29) is 11.3 Å². The van der Waals surface area contributed by atoms with Gasteiger partial charge in [0, 0.05) is 28.3 Å². The summed E-state index contributed by atoms with van der Waals surface area (Å²) in [6.45, 7) is 3.98. The maximum Gasteiger partial charge on any atom is 0.250 e. The third-order valence-corrected chi connectivity index (χ3v) is 4.37. The van der Waals surface area contributed by atoms with Crippen molar-refractivity contribution in [2.75, 3.05) is 5.75 Å². The third-order valence-electron chi connectivity index (χ3n) is 2.88. The molecule has 0 saturated heterocycles. The summed E-state index contributed by atoms with van der Waals surface area (Å²) in [7, 11) is 0. The van der Waals surface area contributed by atoms with E-state index in [0.29, 0.717) is 12.2 Å². The van der Waals surface area contributed by atoms with Crippen molar-refractivity contribution in [2.24, 2.45) is 10.5 Å². The first-order chi connectivity index (χ1) is 10.4. The van der Waals surface area contributed by atoms with Gasteiger partial charge >= 0.3 is 0 Å². The lowest BCUT2D eigenvalue weighted by Gasteiger charge is -2.16. The van der Waals surface area contributed by atoms with Crippen LogP contribution in [0.25, 0.3) is 0 Å². The molecular weight excluding hydrogens is 362 g/mol. The van der Waals surface area contributed by atoms with Crippen molar-refractivity contribution in [3.05, 3.63) is 34.3 Å². The van der Waals surface area contributed by atoms with Crippen molar-refractivity contribution in [1.29, 1.82) is 5.26 Å². The first kappa shape index (κ1) is 18.7. The molecule has 1 aromatic carbocycles. The van der Waals surface area contributed by atoms with Gasteiger partial charge in [0.2, 0.25) is 5.91 Å². The van der Waals surface area contributed by atoms with Crippen LogP contribution in [0.5, 0.6) is 0 Å². The summed E-state index contributed by atoms with van der Waals surface area (Å²) in [6, 6.07) is 10.1. The van der Waals surface area contributed by atoms with E-state index in [1.165, 1.54) is 5.56 Å². The van der Waals surface area contributed by atoms with Gasteiger partial charge in [0.1, 0.15) is 0 Å². The minimum atomic E-state index is -0.188. The second kappa shape index (κ2) is 9.65. The lowest BCUT2D eigenvalue weighted by atomic mass is 9.90. The molecule has 0 spiro atoms. The number of hydrogen-bond donors (Lipinski definition) is 1. The largest absolute Gasteiger partial charge is 0.272 e. The molecule has 0 aliphatic carbocycles. The van der Waals surface area contributed by atoms with Crippen molar-refractivity contribution in [2.45, 2.75) is 32.4 Å². The summed E-state index contributed by atoms with van der Waals surface area (Å²) in [5.74, 6) is 1.03. The van der Waals surface area contributed by atoms with Gasteiger partial charge < -0.3 is 0 Å². The summed E-state index contributed by atoms with van der Waals surface area (Å²) in [5.41, 5.74) is 3.52. The van der Waals surface area contributed by atoms with Gasteiger partial charge in [-0.3, -0.25) is 4.79 Å². The molecule has 1 N–H and O–H groups in total. The highest BCUT2D eigenvalue weighted by molar-refractivity contribution is 9.10. The van der Waals surface area contributed by atoms with Crippen molar-refractivity contribution >= 4 is 39.8 Å². The van der Waals surface area contributed by atoms with E-state index in [0.717, 1.165) is 16.6 Å². The molecule has 118 valence electrons. The Hall–Kier alpha value is -1.32. The highest BCUT2D eigenvalue weighted by Gasteiger charge is 2.14. The van der Waals surface area contributed by atoms with E-state index in [9.17, 15) is 4.79 Å². The molecule has 0 bridgehead atoms. The number of benzene rings is 1. The van der Waals surface area contributed by atoms with E-state index in [1.54, 1.807) is 18.0 Å². The Morgan fingerprint density at radius 3 is 3.00 bits per heavy atom. The van der Waals surface area contributed by atoms with Crippen molar-refractivity contribution in [3.63, 3.8) is 0 Å². The number of halogens is 1. The van der Waals surface area contributed by atoms with Gasteiger partial charge in [-0.1, -0.05) is 41.9 Å². The number of rotatable bonds is 8. The number of hydrogen-bond acceptors (Lipinski definition) is 4. The molecule has 0 radical (unpaired) electrons. The molecular formula is C16H20BrN3OS. The van der Waals surface area contributed by atoms with E-state index >= 15 is 0 Å². The Kier molecular flexibility index (Phi) is 8.21. The maximum atomic E-state index is 11.7. The summed E-state index contributed by atoms with van der Waals surface area (Å²) in [4.78, 5) is 11.7. The second-order valence-corrected chi connectivity index (χ2v) is 7.46. The molecule has 6 heteroatoms. The van der Waals surface area contributed by atoms with Crippen LogP contribution in [-0.2, 0) is 10.5 Å². The molecule has 0 atom stereocenters. The predicted molar refractivity (Wildman–Crippen MR) is 95.6 cm³/mol. The maximum absolute atomic E-state index is 11.7. The van der Waals surface area contributed by atoms with Crippen molar-refractivity contribution in [1.82, 2.24) is 5.43 Å². The molecule has 0 heterocycles. The number of nitrogens with zero attached hydrogens (tertiary/aromatic N) is 2. The topological polar surface area (TPSA) is 65.2 Å². The van der Waals surface area contributed by atoms with E-state index in [2.05, 4.69) is 32.5 Å². The number of hydrazone groups is 1. The molecule has 0 unspecified atom stereocenters. The minimum Gasteiger partial charge on any atom is -0.272 e. The fraction of sp³-hybridized carbons (Fsp3) is 0.438. The highest BCUT2D eigenvalue weighted by atomic mass is 79.9. The fourth-order valence-electron chi connectivity index (χ4n) is 1.64. The number of carbonyl (C=O) groups excluding carboxylic acids is 1. The van der Waals surface area contributed by atoms with Gasteiger partial charge in [0.25, 0.3) is 0 Å². The zero-order chi connectivity index (χ0) is 16.4. The van der Waals surface area contributed by atoms with E-state index < -0.39 is 0 Å². The summed E-state index contributed by atoms with van der Waals surface area (Å²) < 4.78 is 1.04. The Labute approximate surface area is 144 Å². The van der Waals surface area contributed by atoms with E-state index in [4.69, 9.17) is 5.26 Å². The number of nitrogens with one attached hydrogen (secondary N) is 1. The first-order valence-corrected chi connectivity index (χ1v) is 8.90. The van der Waals surface area contributed by atoms with Gasteiger partial charge in [-0.25, -0.2) is 5.43 Å². The van der Waals surface area contributed by atoms with Crippen LogP contribution in [-0.4, -0.2) is 17.9 Å². The average Bonchev–Trinajstić information content (AvgIpc) is 2.45. The molecule has 22 heavy (non-hydrogen) atoms. The molecule has 0 aromatic heterocycles. The normalized spacial score (nSPS) is 11.4. The van der Waals surface area contributed by atoms with Crippen LogP contribution in [0.4, 0.5) is 0 Å². The standard InChI is InChI=1S/C16H20BrN3OS/c1-16(2,7-4-8-18)12-19-20-15(21)11-22-10-13-5-3-6-14(17)9-13/h3,5-6,9,12H,4,7,10-11H2,1-2H3,(H,20,21)/b19-12-. The van der Waals surface area contributed by atoms with Gasteiger partial charge in [-0.05, 0) is 24.1 Å². The van der Waals surface area contributed by atoms with E-state index in [1.807, 2.05) is 38.1 Å². The SMILES string of the molecule is CC(C)(/C=N\NC(=O)CSCc1cccc(Br)c1)CCC#N. The van der Waals surface area contributed by atoms with Crippen LogP contribution < -0.4 is 5.43 Å². The van der Waals surface area contributed by atoms with Gasteiger partial charge in [-0.15, -0.1) is 11.8 Å². The number of carbonyl (C=O) groups is 1. The summed E-state index contributed by atoms with van der Waals surface area (Å²) >= 11 is 4.97. The molecule has 0 saturated carbocycles. The van der Waals surface area contributed by atoms with Crippen molar-refractivity contribution in [3.8, 4) is 6.07 Å². The molecule has 1 amide bonds. The molecule has 1 rings (SSSR count). The zero-order valence-electron chi connectivity index (χ0n) is 12.8. The van der Waals surface area contributed by atoms with Crippen LogP contribution in [0.3, 0.4) is 0 Å². The minimum absolute atomic E-state index is 0.118. The van der Waals surface area contributed by atoms with Crippen molar-refractivity contribution < 1.29 is 4.79 Å². The lowest BCUT2D eigenvalue weighted by Crippen LogP contribution is -2.22. The number of nitriles is 1. The smallest absolute Gasteiger partial charge is 0.250 e. The Morgan fingerprint density at radius 2 is 2.32 bits per heavy atom. The Morgan fingerprint density at radius 1 is 1.55 bits per heavy atom. The average molecular weight is 382 g/mol. The third kappa shape index (κ3) is 8.20. The molecule has 1 aromatic rings. The quantitative estimate of drug-likeness (QED) is 0.544. The Balaban J connectivity index is 2.28. The molecule has 0 aliphatic heterocycles. The molecule has 0 fully saturated rings. The second-order valence-electron chi connectivity index (χ2n) is 5.56. The van der Waals surface area contributed by atoms with Crippen LogP contribution in [0, 0.1) is 16.7 Å². The zero-order valence-corrected chi connectivity index (χ0v) is 15.2. The molecule has 4 nitrogen and oxygen atoms in total. The monoisotopic (exact) mass is 381 g/mol. The first-order valence-electron chi connectivity index (χ1n) is 6.95. The van der Waals surface area contributed by atoms with Crippen LogP contribution >= 0.6 is 27.7 Å². The summed E-state index contributed by atoms with van der Waals surface area (Å²) in [5, 5.41) is 12.6. The van der Waals surface area contributed by atoms with Gasteiger partial charge in [-0.2, -0.15) is 10.4 Å². The van der Waals surface area contributed by atoms with Gasteiger partial charge in [0.05, 0.1) is 11.8 Å². The fourth-order valence-corrected chi connectivity index (χ4v) is 2.86. The summed E-state index contributed by atoms with van der Waals surface area (Å²) in [6.07, 6.45) is 2.90. The van der Waals surface area contributed by atoms with Crippen LogP contribution in [0.1, 0.15) is 32.3 Å². The van der Waals surface area contributed by atoms with Crippen LogP contribution in [0.2, 0.25) is 0 Å². The van der Waals surface area contributed by atoms with Gasteiger partial charge in [0.15, 0.2) is 0 Å². The predicted octanol–water partition coefficient (Wildman–Crippen LogP) is 4.11. The number of thioether (sulfide) groups is 1.